The van der Waals surface area contributed by atoms with E-state index in [4.69, 9.17) is 0 Å². The van der Waals surface area contributed by atoms with Gasteiger partial charge in [0.1, 0.15) is 0 Å². The molecule has 114 valence electrons. The van der Waals surface area contributed by atoms with Crippen LogP contribution in [0.4, 0.5) is 0 Å². The van der Waals surface area contributed by atoms with Crippen molar-refractivity contribution in [3.05, 3.63) is 22.4 Å². The Morgan fingerprint density at radius 3 is 2.70 bits per heavy atom. The van der Waals surface area contributed by atoms with Gasteiger partial charge in [0.05, 0.1) is 0 Å². The highest BCUT2D eigenvalue weighted by Crippen LogP contribution is 2.32. The molecule has 0 unspecified atom stereocenters. The molecular formula is C17H30N2S. The summed E-state index contributed by atoms with van der Waals surface area (Å²) in [4.78, 5) is 4.20. The van der Waals surface area contributed by atoms with Gasteiger partial charge in [-0.15, -0.1) is 11.3 Å². The smallest absolute Gasteiger partial charge is 0.0331 e. The van der Waals surface area contributed by atoms with Crippen LogP contribution in [-0.2, 0) is 6.54 Å². The van der Waals surface area contributed by atoms with Crippen LogP contribution in [0.2, 0.25) is 0 Å². The predicted octanol–water partition coefficient (Wildman–Crippen LogP) is 3.98. The molecule has 2 rings (SSSR count). The maximum Gasteiger partial charge on any atom is 0.0331 e. The lowest BCUT2D eigenvalue weighted by Gasteiger charge is -2.33. The van der Waals surface area contributed by atoms with Crippen molar-refractivity contribution >= 4 is 11.3 Å². The Morgan fingerprint density at radius 1 is 1.40 bits per heavy atom. The summed E-state index contributed by atoms with van der Waals surface area (Å²) in [7, 11) is 0. The van der Waals surface area contributed by atoms with Gasteiger partial charge in [0.2, 0.25) is 0 Å². The predicted molar refractivity (Wildman–Crippen MR) is 89.2 cm³/mol. The number of nitrogens with zero attached hydrogens (tertiary/aromatic N) is 1. The van der Waals surface area contributed by atoms with E-state index in [0.29, 0.717) is 5.41 Å². The second kappa shape index (κ2) is 7.06. The van der Waals surface area contributed by atoms with Gasteiger partial charge in [0.15, 0.2) is 0 Å². The van der Waals surface area contributed by atoms with Gasteiger partial charge in [0.25, 0.3) is 0 Å². The molecule has 0 amide bonds. The molecule has 1 heterocycles. The topological polar surface area (TPSA) is 15.3 Å². The fourth-order valence-corrected chi connectivity index (χ4v) is 3.39. The fraction of sp³-hybridized carbons (Fsp3) is 0.765. The van der Waals surface area contributed by atoms with Crippen molar-refractivity contribution in [2.75, 3.05) is 19.6 Å². The van der Waals surface area contributed by atoms with Crippen LogP contribution < -0.4 is 5.32 Å². The third kappa shape index (κ3) is 5.55. The molecule has 1 aliphatic rings. The summed E-state index contributed by atoms with van der Waals surface area (Å²) in [5, 5.41) is 5.81. The molecule has 0 aliphatic heterocycles. The average molecular weight is 295 g/mol. The van der Waals surface area contributed by atoms with Crippen LogP contribution in [-0.4, -0.2) is 30.6 Å². The molecule has 1 saturated carbocycles. The van der Waals surface area contributed by atoms with Gasteiger partial charge in [-0.3, -0.25) is 4.90 Å². The lowest BCUT2D eigenvalue weighted by Crippen LogP contribution is -2.41. The van der Waals surface area contributed by atoms with E-state index in [9.17, 15) is 0 Å². The van der Waals surface area contributed by atoms with Crippen molar-refractivity contribution in [2.45, 2.75) is 53.1 Å². The van der Waals surface area contributed by atoms with Gasteiger partial charge in [-0.05, 0) is 42.2 Å². The van der Waals surface area contributed by atoms with Gasteiger partial charge in [-0.25, -0.2) is 0 Å². The second-order valence-electron chi connectivity index (χ2n) is 7.40. The molecule has 1 aliphatic carbocycles. The average Bonchev–Trinajstić information content (AvgIpc) is 3.07. The van der Waals surface area contributed by atoms with E-state index in [1.165, 1.54) is 24.3 Å². The van der Waals surface area contributed by atoms with Crippen LogP contribution in [0.3, 0.4) is 0 Å². The standard InChI is InChI=1S/C17H30N2S/c1-14(2)10-18-12-17(3,4)13-19(15-7-8-15)11-16-6-5-9-20-16/h5-6,9,14-15,18H,7-8,10-13H2,1-4H3. The minimum absolute atomic E-state index is 0.342. The molecule has 2 nitrogen and oxygen atoms in total. The molecule has 0 bridgehead atoms. The maximum atomic E-state index is 3.62. The number of nitrogens with one attached hydrogen (secondary N) is 1. The van der Waals surface area contributed by atoms with Crippen LogP contribution in [0.5, 0.6) is 0 Å². The van der Waals surface area contributed by atoms with Gasteiger partial charge in [0, 0.05) is 30.6 Å². The van der Waals surface area contributed by atoms with E-state index in [-0.39, 0.29) is 0 Å². The minimum Gasteiger partial charge on any atom is -0.316 e. The zero-order valence-corrected chi connectivity index (χ0v) is 14.3. The molecule has 0 saturated heterocycles. The van der Waals surface area contributed by atoms with Gasteiger partial charge >= 0.3 is 0 Å². The minimum atomic E-state index is 0.342. The van der Waals surface area contributed by atoms with Gasteiger partial charge < -0.3 is 5.32 Å². The number of hydrogen-bond donors (Lipinski definition) is 1. The molecular weight excluding hydrogens is 264 g/mol. The molecule has 1 fully saturated rings. The lowest BCUT2D eigenvalue weighted by molar-refractivity contribution is 0.160. The monoisotopic (exact) mass is 294 g/mol. The van der Waals surface area contributed by atoms with Gasteiger partial charge in [-0.1, -0.05) is 33.8 Å². The Bertz CT molecular complexity index is 380. The Hall–Kier alpha value is -0.380. The summed E-state index contributed by atoms with van der Waals surface area (Å²) in [5.41, 5.74) is 0.342. The van der Waals surface area contributed by atoms with Crippen LogP contribution in [0.1, 0.15) is 45.4 Å². The first-order chi connectivity index (χ1) is 9.46. The maximum absolute atomic E-state index is 3.62. The number of hydrogen-bond acceptors (Lipinski definition) is 3. The van der Waals surface area contributed by atoms with Crippen molar-refractivity contribution in [2.24, 2.45) is 11.3 Å². The molecule has 0 atom stereocenters. The molecule has 20 heavy (non-hydrogen) atoms. The van der Waals surface area contributed by atoms with Crippen LogP contribution in [0.25, 0.3) is 0 Å². The fourth-order valence-electron chi connectivity index (χ4n) is 2.66. The van der Waals surface area contributed by atoms with E-state index >= 15 is 0 Å². The van der Waals surface area contributed by atoms with Crippen LogP contribution >= 0.6 is 11.3 Å². The Morgan fingerprint density at radius 2 is 2.15 bits per heavy atom. The van der Waals surface area contributed by atoms with E-state index < -0.39 is 0 Å². The van der Waals surface area contributed by atoms with Crippen molar-refractivity contribution in [3.8, 4) is 0 Å². The Labute approximate surface area is 128 Å². The zero-order valence-electron chi connectivity index (χ0n) is 13.5. The quantitative estimate of drug-likeness (QED) is 0.741. The first-order valence-electron chi connectivity index (χ1n) is 7.93. The van der Waals surface area contributed by atoms with E-state index in [1.807, 2.05) is 11.3 Å². The molecule has 1 N–H and O–H groups in total. The van der Waals surface area contributed by atoms with E-state index in [2.05, 4.69) is 55.4 Å². The number of thiophene rings is 1. The van der Waals surface area contributed by atoms with Crippen molar-refractivity contribution in [1.82, 2.24) is 10.2 Å². The van der Waals surface area contributed by atoms with E-state index in [0.717, 1.165) is 31.6 Å². The van der Waals surface area contributed by atoms with E-state index in [1.54, 1.807) is 0 Å². The summed E-state index contributed by atoms with van der Waals surface area (Å²) >= 11 is 1.89. The van der Waals surface area contributed by atoms with Crippen LogP contribution in [0.15, 0.2) is 17.5 Å². The summed E-state index contributed by atoms with van der Waals surface area (Å²) in [5.74, 6) is 0.733. The Kier molecular flexibility index (Phi) is 5.65. The Balaban J connectivity index is 1.83. The number of rotatable bonds is 9. The molecule has 0 aromatic carbocycles. The van der Waals surface area contributed by atoms with Crippen molar-refractivity contribution in [3.63, 3.8) is 0 Å². The SMILES string of the molecule is CC(C)CNCC(C)(C)CN(Cc1cccs1)C1CC1. The van der Waals surface area contributed by atoms with Gasteiger partial charge in [-0.2, -0.15) is 0 Å². The van der Waals surface area contributed by atoms with Crippen LogP contribution in [0, 0.1) is 11.3 Å². The molecule has 0 radical (unpaired) electrons. The largest absolute Gasteiger partial charge is 0.316 e. The van der Waals surface area contributed by atoms with Crippen molar-refractivity contribution < 1.29 is 0 Å². The van der Waals surface area contributed by atoms with Crippen molar-refractivity contribution in [1.29, 1.82) is 0 Å². The normalized spacial score (nSPS) is 16.3. The molecule has 1 aromatic heterocycles. The first-order valence-corrected chi connectivity index (χ1v) is 8.81. The second-order valence-corrected chi connectivity index (χ2v) is 8.44. The molecule has 0 spiro atoms. The summed E-state index contributed by atoms with van der Waals surface area (Å²) in [6, 6.07) is 5.27. The lowest BCUT2D eigenvalue weighted by atomic mass is 9.92. The summed E-state index contributed by atoms with van der Waals surface area (Å²) in [6.07, 6.45) is 2.78. The molecule has 1 aromatic rings. The summed E-state index contributed by atoms with van der Waals surface area (Å²) < 4.78 is 0. The first kappa shape index (κ1) is 16.0. The summed E-state index contributed by atoms with van der Waals surface area (Å²) in [6.45, 7) is 13.9. The highest BCUT2D eigenvalue weighted by Gasteiger charge is 2.33. The third-order valence-corrected chi connectivity index (χ3v) is 4.65. The molecule has 3 heteroatoms. The zero-order chi connectivity index (χ0) is 14.6. The highest BCUT2D eigenvalue weighted by atomic mass is 32.1. The third-order valence-electron chi connectivity index (χ3n) is 3.79. The highest BCUT2D eigenvalue weighted by molar-refractivity contribution is 7.09.